The van der Waals surface area contributed by atoms with Crippen molar-refractivity contribution in [1.29, 1.82) is 0 Å². The van der Waals surface area contributed by atoms with E-state index in [4.69, 9.17) is 4.98 Å². The molecule has 234 valence electrons. The van der Waals surface area contributed by atoms with E-state index in [0.717, 1.165) is 22.0 Å². The molecule has 9 aromatic rings. The third kappa shape index (κ3) is 5.26. The van der Waals surface area contributed by atoms with Crippen LogP contribution in [0.5, 0.6) is 0 Å². The summed E-state index contributed by atoms with van der Waals surface area (Å²) in [6.45, 7) is 0. The fourth-order valence-corrected chi connectivity index (χ4v) is 7.45. The lowest BCUT2D eigenvalue weighted by Crippen LogP contribution is -1.94. The van der Waals surface area contributed by atoms with Crippen LogP contribution in [0.25, 0.3) is 88.4 Å². The van der Waals surface area contributed by atoms with E-state index in [-0.39, 0.29) is 0 Å². The Morgan fingerprint density at radius 2 is 0.640 bits per heavy atom. The highest BCUT2D eigenvalue weighted by atomic mass is 14.7. The topological polar surface area (TPSA) is 12.9 Å². The zero-order valence-corrected chi connectivity index (χ0v) is 27.5. The largest absolute Gasteiger partial charge is 0.256 e. The van der Waals surface area contributed by atoms with Gasteiger partial charge in [0.25, 0.3) is 0 Å². The first-order valence-corrected chi connectivity index (χ1v) is 17.1. The number of aromatic nitrogens is 1. The maximum absolute atomic E-state index is 5.12. The van der Waals surface area contributed by atoms with Crippen molar-refractivity contribution in [2.24, 2.45) is 0 Å². The summed E-state index contributed by atoms with van der Waals surface area (Å²) in [5, 5.41) is 3.54. The van der Waals surface area contributed by atoms with Crippen molar-refractivity contribution in [3.05, 3.63) is 200 Å². The van der Waals surface area contributed by atoms with Gasteiger partial charge in [0.05, 0.1) is 5.52 Å². The summed E-state index contributed by atoms with van der Waals surface area (Å²) < 4.78 is 0. The van der Waals surface area contributed by atoms with Gasteiger partial charge >= 0.3 is 0 Å². The van der Waals surface area contributed by atoms with Crippen molar-refractivity contribution in [2.75, 3.05) is 0 Å². The predicted octanol–water partition coefficient (Wildman–Crippen LogP) is 13.4. The second kappa shape index (κ2) is 12.8. The van der Waals surface area contributed by atoms with Gasteiger partial charge in [0, 0.05) is 17.1 Å². The van der Waals surface area contributed by atoms with E-state index >= 15 is 0 Å². The molecule has 0 radical (unpaired) electrons. The van der Waals surface area contributed by atoms with Gasteiger partial charge < -0.3 is 0 Å². The van der Waals surface area contributed by atoms with Crippen LogP contribution in [0.15, 0.2) is 200 Å². The van der Waals surface area contributed by atoms with Gasteiger partial charge in [0.2, 0.25) is 0 Å². The van der Waals surface area contributed by atoms with E-state index in [1.807, 2.05) is 6.20 Å². The number of nitrogens with zero attached hydrogens (tertiary/aromatic N) is 1. The number of benzene rings is 8. The molecule has 0 aliphatic heterocycles. The molecule has 0 unspecified atom stereocenters. The molecule has 0 aliphatic carbocycles. The van der Waals surface area contributed by atoms with Gasteiger partial charge in [0.1, 0.15) is 0 Å². The molecule has 0 saturated carbocycles. The second-order valence-corrected chi connectivity index (χ2v) is 12.7. The molecule has 1 heterocycles. The molecule has 0 saturated heterocycles. The lowest BCUT2D eigenvalue weighted by atomic mass is 9.84. The van der Waals surface area contributed by atoms with Gasteiger partial charge in [-0.05, 0) is 90.2 Å². The van der Waals surface area contributed by atoms with Crippen molar-refractivity contribution in [2.45, 2.75) is 0 Å². The minimum absolute atomic E-state index is 1.00. The fraction of sp³-hybridized carbons (Fsp3) is 0. The number of rotatable bonds is 6. The standard InChI is InChI=1S/C49H33N/c1-5-16-34(17-6-1)40-29-27-38(32-45(40)36-20-9-3-10-21-36)47-42-24-13-14-25-43(42)48(49-44(47)26-15-31-50-49)39-28-30-41(35-18-7-2-8-19-35)46(33-39)37-22-11-4-12-23-37/h1-33H. The molecule has 9 rings (SSSR count). The lowest BCUT2D eigenvalue weighted by Gasteiger charge is -2.20. The summed E-state index contributed by atoms with van der Waals surface area (Å²) >= 11 is 0. The van der Waals surface area contributed by atoms with Crippen molar-refractivity contribution < 1.29 is 0 Å². The van der Waals surface area contributed by atoms with Crippen molar-refractivity contribution in [3.8, 4) is 66.8 Å². The highest BCUT2D eigenvalue weighted by molar-refractivity contribution is 6.20. The first-order chi connectivity index (χ1) is 24.8. The maximum Gasteiger partial charge on any atom is 0.0792 e. The zero-order chi connectivity index (χ0) is 33.3. The van der Waals surface area contributed by atoms with Gasteiger partial charge in [-0.1, -0.05) is 176 Å². The summed E-state index contributed by atoms with van der Waals surface area (Å²) in [5.41, 5.74) is 15.3. The monoisotopic (exact) mass is 635 g/mol. The quantitative estimate of drug-likeness (QED) is 0.166. The highest BCUT2D eigenvalue weighted by Crippen LogP contribution is 2.46. The molecule has 1 aromatic heterocycles. The van der Waals surface area contributed by atoms with E-state index in [2.05, 4.69) is 194 Å². The third-order valence-corrected chi connectivity index (χ3v) is 9.74. The van der Waals surface area contributed by atoms with Gasteiger partial charge in [-0.3, -0.25) is 4.98 Å². The van der Waals surface area contributed by atoms with Gasteiger partial charge in [0.15, 0.2) is 0 Å². The molecular formula is C49H33N. The average molecular weight is 636 g/mol. The maximum atomic E-state index is 5.12. The number of pyridine rings is 1. The molecular weight excluding hydrogens is 603 g/mol. The Morgan fingerprint density at radius 1 is 0.260 bits per heavy atom. The number of hydrogen-bond donors (Lipinski definition) is 0. The summed E-state index contributed by atoms with van der Waals surface area (Å²) in [5.74, 6) is 0. The first kappa shape index (κ1) is 29.6. The van der Waals surface area contributed by atoms with Crippen LogP contribution >= 0.6 is 0 Å². The Labute approximate surface area is 292 Å². The van der Waals surface area contributed by atoms with Crippen LogP contribution in [0, 0.1) is 0 Å². The average Bonchev–Trinajstić information content (AvgIpc) is 3.21. The smallest absolute Gasteiger partial charge is 0.0792 e. The van der Waals surface area contributed by atoms with Crippen molar-refractivity contribution in [3.63, 3.8) is 0 Å². The van der Waals surface area contributed by atoms with Crippen molar-refractivity contribution in [1.82, 2.24) is 4.98 Å². The van der Waals surface area contributed by atoms with Crippen LogP contribution in [0.2, 0.25) is 0 Å². The Hall–Kier alpha value is -6.57. The molecule has 8 aromatic carbocycles. The Kier molecular flexibility index (Phi) is 7.57. The molecule has 50 heavy (non-hydrogen) atoms. The van der Waals surface area contributed by atoms with Crippen LogP contribution in [0.1, 0.15) is 0 Å². The molecule has 1 heteroatoms. The molecule has 0 bridgehead atoms. The molecule has 0 spiro atoms. The van der Waals surface area contributed by atoms with Crippen LogP contribution in [0.3, 0.4) is 0 Å². The Bertz CT molecular complexity index is 2370. The lowest BCUT2D eigenvalue weighted by molar-refractivity contribution is 1.42. The van der Waals surface area contributed by atoms with Crippen molar-refractivity contribution >= 4 is 21.7 Å². The Balaban J connectivity index is 1.31. The number of hydrogen-bond acceptors (Lipinski definition) is 1. The normalized spacial score (nSPS) is 11.2. The van der Waals surface area contributed by atoms with E-state index in [9.17, 15) is 0 Å². The van der Waals surface area contributed by atoms with E-state index < -0.39 is 0 Å². The van der Waals surface area contributed by atoms with E-state index in [0.29, 0.717) is 0 Å². The molecule has 0 atom stereocenters. The summed E-state index contributed by atoms with van der Waals surface area (Å²) in [4.78, 5) is 5.12. The summed E-state index contributed by atoms with van der Waals surface area (Å²) in [6.07, 6.45) is 1.93. The second-order valence-electron chi connectivity index (χ2n) is 12.7. The molecule has 0 aliphatic rings. The van der Waals surface area contributed by atoms with Gasteiger partial charge in [-0.2, -0.15) is 0 Å². The summed E-state index contributed by atoms with van der Waals surface area (Å²) in [6, 6.07) is 69.7. The van der Waals surface area contributed by atoms with Crippen LogP contribution in [-0.2, 0) is 0 Å². The predicted molar refractivity (Wildman–Crippen MR) is 212 cm³/mol. The van der Waals surface area contributed by atoms with E-state index in [1.165, 1.54) is 66.4 Å². The highest BCUT2D eigenvalue weighted by Gasteiger charge is 2.20. The first-order valence-electron chi connectivity index (χ1n) is 17.1. The van der Waals surface area contributed by atoms with E-state index in [1.54, 1.807) is 0 Å². The molecule has 0 amide bonds. The van der Waals surface area contributed by atoms with Crippen LogP contribution < -0.4 is 0 Å². The van der Waals surface area contributed by atoms with Gasteiger partial charge in [-0.25, -0.2) is 0 Å². The Morgan fingerprint density at radius 3 is 1.12 bits per heavy atom. The number of fused-ring (bicyclic) bond motifs is 2. The molecule has 0 fully saturated rings. The minimum atomic E-state index is 1.00. The fourth-order valence-electron chi connectivity index (χ4n) is 7.45. The summed E-state index contributed by atoms with van der Waals surface area (Å²) in [7, 11) is 0. The zero-order valence-electron chi connectivity index (χ0n) is 27.5. The van der Waals surface area contributed by atoms with Gasteiger partial charge in [-0.15, -0.1) is 0 Å². The third-order valence-electron chi connectivity index (χ3n) is 9.74. The minimum Gasteiger partial charge on any atom is -0.256 e. The SMILES string of the molecule is c1ccc(-c2ccc(-c3c4ccccc4c(-c4ccc(-c5ccccc5)c(-c5ccccc5)c4)c4ncccc34)cc2-c2ccccc2)cc1. The van der Waals surface area contributed by atoms with Crippen LogP contribution in [0.4, 0.5) is 0 Å². The molecule has 0 N–H and O–H groups in total. The molecule has 1 nitrogen and oxygen atoms in total. The van der Waals surface area contributed by atoms with Crippen LogP contribution in [-0.4, -0.2) is 4.98 Å².